The van der Waals surface area contributed by atoms with E-state index in [2.05, 4.69) is 63.3 Å². The van der Waals surface area contributed by atoms with Crippen molar-refractivity contribution in [3.8, 4) is 5.69 Å². The molecule has 3 aromatic rings. The molecule has 3 heteroatoms. The van der Waals surface area contributed by atoms with E-state index in [1.807, 2.05) is 22.9 Å². The lowest BCUT2D eigenvalue weighted by Crippen LogP contribution is -2.27. The van der Waals surface area contributed by atoms with Gasteiger partial charge in [0.2, 0.25) is 0 Å². The SMILES string of the molecule is Cc1ccc2nn(-c3ccccc3)c(NC(C)(C)C)c2c1. The number of nitrogens with zero attached hydrogens (tertiary/aromatic N) is 2. The minimum atomic E-state index is -0.0246. The Morgan fingerprint density at radius 3 is 2.38 bits per heavy atom. The van der Waals surface area contributed by atoms with Gasteiger partial charge in [-0.1, -0.05) is 29.8 Å². The first-order chi connectivity index (χ1) is 9.94. The van der Waals surface area contributed by atoms with Gasteiger partial charge in [0.25, 0.3) is 0 Å². The van der Waals surface area contributed by atoms with Crippen LogP contribution in [0.15, 0.2) is 48.5 Å². The van der Waals surface area contributed by atoms with Crippen LogP contribution in [0.1, 0.15) is 26.3 Å². The first kappa shape index (κ1) is 13.7. The Labute approximate surface area is 125 Å². The molecule has 3 rings (SSSR count). The number of aromatic nitrogens is 2. The van der Waals surface area contributed by atoms with Crippen LogP contribution in [-0.2, 0) is 0 Å². The minimum absolute atomic E-state index is 0.0246. The third-order valence-electron chi connectivity index (χ3n) is 3.32. The molecule has 0 spiro atoms. The summed E-state index contributed by atoms with van der Waals surface area (Å²) in [7, 11) is 0. The molecule has 0 radical (unpaired) electrons. The number of rotatable bonds is 2. The van der Waals surface area contributed by atoms with Crippen LogP contribution in [0.5, 0.6) is 0 Å². The molecular weight excluding hydrogens is 258 g/mol. The Hall–Kier alpha value is -2.29. The van der Waals surface area contributed by atoms with Crippen molar-refractivity contribution in [1.82, 2.24) is 9.78 Å². The van der Waals surface area contributed by atoms with E-state index in [9.17, 15) is 0 Å². The smallest absolute Gasteiger partial charge is 0.138 e. The molecule has 0 aliphatic heterocycles. The first-order valence-electron chi connectivity index (χ1n) is 7.27. The Bertz CT molecular complexity index is 764. The maximum absolute atomic E-state index is 4.76. The van der Waals surface area contributed by atoms with Crippen molar-refractivity contribution in [1.29, 1.82) is 0 Å². The van der Waals surface area contributed by atoms with Gasteiger partial charge in [-0.2, -0.15) is 5.10 Å². The van der Waals surface area contributed by atoms with Gasteiger partial charge >= 0.3 is 0 Å². The third-order valence-corrected chi connectivity index (χ3v) is 3.32. The van der Waals surface area contributed by atoms with Crippen LogP contribution in [-0.4, -0.2) is 15.3 Å². The van der Waals surface area contributed by atoms with Crippen molar-refractivity contribution in [2.45, 2.75) is 33.2 Å². The van der Waals surface area contributed by atoms with Gasteiger partial charge < -0.3 is 5.32 Å². The number of fused-ring (bicyclic) bond motifs is 1. The lowest BCUT2D eigenvalue weighted by atomic mass is 10.1. The number of benzene rings is 2. The van der Waals surface area contributed by atoms with Crippen molar-refractivity contribution in [3.05, 3.63) is 54.1 Å². The van der Waals surface area contributed by atoms with Crippen LogP contribution < -0.4 is 5.32 Å². The lowest BCUT2D eigenvalue weighted by molar-refractivity contribution is 0.625. The van der Waals surface area contributed by atoms with Gasteiger partial charge in [-0.25, -0.2) is 4.68 Å². The summed E-state index contributed by atoms with van der Waals surface area (Å²) in [6, 6.07) is 16.6. The summed E-state index contributed by atoms with van der Waals surface area (Å²) in [6.45, 7) is 8.60. The van der Waals surface area contributed by atoms with Gasteiger partial charge in [0.15, 0.2) is 0 Å². The summed E-state index contributed by atoms with van der Waals surface area (Å²) < 4.78 is 2.00. The van der Waals surface area contributed by atoms with Crippen molar-refractivity contribution in [2.75, 3.05) is 5.32 Å². The average molecular weight is 279 g/mol. The molecule has 21 heavy (non-hydrogen) atoms. The van der Waals surface area contributed by atoms with Crippen LogP contribution in [0.25, 0.3) is 16.6 Å². The van der Waals surface area contributed by atoms with Gasteiger partial charge in [-0.15, -0.1) is 0 Å². The van der Waals surface area contributed by atoms with Crippen LogP contribution >= 0.6 is 0 Å². The first-order valence-corrected chi connectivity index (χ1v) is 7.27. The van der Waals surface area contributed by atoms with Crippen LogP contribution in [0.4, 0.5) is 5.82 Å². The molecule has 1 heterocycles. The standard InChI is InChI=1S/C18H21N3/c1-13-10-11-16-15(12-13)17(19-18(2,3)4)21(20-16)14-8-6-5-7-9-14/h5-12,19H,1-4H3. The minimum Gasteiger partial charge on any atom is -0.365 e. The second-order valence-electron chi connectivity index (χ2n) is 6.49. The van der Waals surface area contributed by atoms with E-state index in [1.165, 1.54) is 5.56 Å². The molecule has 0 aliphatic rings. The number of aryl methyl sites for hydroxylation is 1. The summed E-state index contributed by atoms with van der Waals surface area (Å²) in [4.78, 5) is 0. The number of anilines is 1. The molecule has 0 unspecified atom stereocenters. The van der Waals surface area contributed by atoms with Gasteiger partial charge in [0, 0.05) is 10.9 Å². The Balaban J connectivity index is 2.25. The highest BCUT2D eigenvalue weighted by Gasteiger charge is 2.18. The number of para-hydroxylation sites is 1. The zero-order valence-corrected chi connectivity index (χ0v) is 13.0. The van der Waals surface area contributed by atoms with Crippen LogP contribution in [0.3, 0.4) is 0 Å². The van der Waals surface area contributed by atoms with Crippen molar-refractivity contribution >= 4 is 16.7 Å². The van der Waals surface area contributed by atoms with Gasteiger partial charge in [0.1, 0.15) is 5.82 Å². The molecule has 3 nitrogen and oxygen atoms in total. The maximum atomic E-state index is 4.76. The quantitative estimate of drug-likeness (QED) is 0.746. The Kier molecular flexibility index (Phi) is 3.20. The molecule has 0 bridgehead atoms. The monoisotopic (exact) mass is 279 g/mol. The summed E-state index contributed by atoms with van der Waals surface area (Å²) in [5, 5.41) is 9.52. The van der Waals surface area contributed by atoms with Gasteiger partial charge in [-0.3, -0.25) is 0 Å². The normalized spacial score (nSPS) is 11.8. The molecule has 0 atom stereocenters. The van der Waals surface area contributed by atoms with E-state index >= 15 is 0 Å². The number of hydrogen-bond acceptors (Lipinski definition) is 2. The highest BCUT2D eigenvalue weighted by Crippen LogP contribution is 2.29. The largest absolute Gasteiger partial charge is 0.365 e. The van der Waals surface area contributed by atoms with Crippen molar-refractivity contribution in [3.63, 3.8) is 0 Å². The van der Waals surface area contributed by atoms with E-state index < -0.39 is 0 Å². The van der Waals surface area contributed by atoms with E-state index in [-0.39, 0.29) is 5.54 Å². The van der Waals surface area contributed by atoms with Gasteiger partial charge in [0.05, 0.1) is 11.2 Å². The number of nitrogens with one attached hydrogen (secondary N) is 1. The van der Waals surface area contributed by atoms with E-state index in [0.29, 0.717) is 0 Å². The molecular formula is C18H21N3. The predicted octanol–water partition coefficient (Wildman–Crippen LogP) is 4.54. The zero-order valence-electron chi connectivity index (χ0n) is 13.0. The predicted molar refractivity (Wildman–Crippen MR) is 89.2 cm³/mol. The third kappa shape index (κ3) is 2.77. The highest BCUT2D eigenvalue weighted by atomic mass is 15.3. The summed E-state index contributed by atoms with van der Waals surface area (Å²) in [5.41, 5.74) is 3.30. The molecule has 0 aliphatic carbocycles. The van der Waals surface area contributed by atoms with E-state index in [4.69, 9.17) is 5.10 Å². The second kappa shape index (κ2) is 4.92. The fourth-order valence-electron chi connectivity index (χ4n) is 2.43. The average Bonchev–Trinajstić information content (AvgIpc) is 2.76. The summed E-state index contributed by atoms with van der Waals surface area (Å²) in [6.07, 6.45) is 0. The van der Waals surface area contributed by atoms with E-state index in [1.54, 1.807) is 0 Å². The lowest BCUT2D eigenvalue weighted by Gasteiger charge is -2.23. The van der Waals surface area contributed by atoms with Crippen LogP contribution in [0.2, 0.25) is 0 Å². The maximum Gasteiger partial charge on any atom is 0.138 e. The Morgan fingerprint density at radius 2 is 1.71 bits per heavy atom. The molecule has 1 N–H and O–H groups in total. The second-order valence-corrected chi connectivity index (χ2v) is 6.49. The van der Waals surface area contributed by atoms with Crippen LogP contribution in [0, 0.1) is 6.92 Å². The summed E-state index contributed by atoms with van der Waals surface area (Å²) in [5.74, 6) is 1.05. The highest BCUT2D eigenvalue weighted by molar-refractivity contribution is 5.91. The molecule has 0 saturated heterocycles. The molecule has 0 fully saturated rings. The molecule has 108 valence electrons. The molecule has 0 amide bonds. The van der Waals surface area contributed by atoms with Gasteiger partial charge in [-0.05, 0) is 52.0 Å². The summed E-state index contributed by atoms with van der Waals surface area (Å²) >= 11 is 0. The Morgan fingerprint density at radius 1 is 1.00 bits per heavy atom. The number of hydrogen-bond donors (Lipinski definition) is 1. The van der Waals surface area contributed by atoms with Crippen molar-refractivity contribution < 1.29 is 0 Å². The molecule has 2 aromatic carbocycles. The fourth-order valence-corrected chi connectivity index (χ4v) is 2.43. The molecule has 0 saturated carbocycles. The molecule has 1 aromatic heterocycles. The van der Waals surface area contributed by atoms with E-state index in [0.717, 1.165) is 22.4 Å². The fraction of sp³-hybridized carbons (Fsp3) is 0.278. The topological polar surface area (TPSA) is 29.9 Å². The van der Waals surface area contributed by atoms with Crippen molar-refractivity contribution in [2.24, 2.45) is 0 Å². The zero-order chi connectivity index (χ0) is 15.0.